The van der Waals surface area contributed by atoms with Gasteiger partial charge in [0.2, 0.25) is 0 Å². The number of nitrogens with one attached hydrogen (secondary N) is 1. The number of fused-ring (bicyclic) bond motifs is 1. The van der Waals surface area contributed by atoms with E-state index in [0.29, 0.717) is 27.9 Å². The number of ether oxygens (including phenoxy) is 1. The van der Waals surface area contributed by atoms with Crippen molar-refractivity contribution in [3.05, 3.63) is 71.1 Å². The summed E-state index contributed by atoms with van der Waals surface area (Å²) in [5.41, 5.74) is -4.32. The van der Waals surface area contributed by atoms with Crippen LogP contribution in [0.3, 0.4) is 0 Å². The monoisotopic (exact) mass is 640 g/mol. The predicted octanol–water partition coefficient (Wildman–Crippen LogP) is 4.71. The van der Waals surface area contributed by atoms with E-state index >= 15 is 0 Å². The summed E-state index contributed by atoms with van der Waals surface area (Å²) in [6, 6.07) is 6.21. The Morgan fingerprint density at radius 2 is 1.71 bits per heavy atom. The van der Waals surface area contributed by atoms with Gasteiger partial charge >= 0.3 is 0 Å². The van der Waals surface area contributed by atoms with Crippen LogP contribution in [-0.2, 0) is 37.6 Å². The number of hydrogen-bond donors (Lipinski definition) is 1. The second-order valence-electron chi connectivity index (χ2n) is 10.3. The first-order valence-corrected chi connectivity index (χ1v) is 15.2. The molecule has 16 heteroatoms. The zero-order chi connectivity index (χ0) is 33.3. The van der Waals surface area contributed by atoms with E-state index in [1.54, 1.807) is 6.92 Å². The zero-order valence-electron chi connectivity index (χ0n) is 24.7. The molecule has 2 aliphatic rings. The Kier molecular flexibility index (Phi) is 6.40. The maximum Gasteiger partial charge on any atom is 0.282 e. The molecule has 0 amide bonds. The normalized spacial score (nSPS) is 21.7. The minimum absolute atomic E-state index is 0.288. The standard InChI is InChI=1S/C26H25F6N3O5S2/c1-15-3-5-16(6-4-15)42(38,39)35-12-23(17-7-8-25(40-2,24(29)30)11-22(17)35)41(36,37)33-20-9-19(28)21(10-18(20)27)34-13-26(31,32)14-34/h3-6,9-10,12,24,33H,7-8,11,13-14H2,1-2H3/t25-/m1/s1/i2D3. The highest BCUT2D eigenvalue weighted by atomic mass is 32.2. The Morgan fingerprint density at radius 1 is 1.05 bits per heavy atom. The molecule has 0 spiro atoms. The number of benzene rings is 2. The fourth-order valence-corrected chi connectivity index (χ4v) is 7.85. The minimum Gasteiger partial charge on any atom is -0.372 e. The molecule has 228 valence electrons. The SMILES string of the molecule is [2H]C([2H])([2H])O[C@]1(C(F)F)CCc2c(S(=O)(=O)Nc3cc(F)c(N4CC(F)(F)C4)cc3F)cn(S(=O)(=O)c3ccc(C)cc3)c2C1. The summed E-state index contributed by atoms with van der Waals surface area (Å²) in [7, 11) is -13.0. The number of methoxy groups -OCH3 is 1. The Labute approximate surface area is 242 Å². The highest BCUT2D eigenvalue weighted by Crippen LogP contribution is 2.41. The number of sulfonamides is 1. The second kappa shape index (κ2) is 10.2. The van der Waals surface area contributed by atoms with Gasteiger partial charge in [0, 0.05) is 37.5 Å². The number of hydrogen-bond acceptors (Lipinski definition) is 6. The Hall–Kier alpha value is -3.24. The largest absolute Gasteiger partial charge is 0.372 e. The Morgan fingerprint density at radius 3 is 2.31 bits per heavy atom. The van der Waals surface area contributed by atoms with Gasteiger partial charge in [0.25, 0.3) is 32.4 Å². The number of aromatic nitrogens is 1. The molecule has 2 heterocycles. The van der Waals surface area contributed by atoms with Crippen LogP contribution in [0.4, 0.5) is 37.7 Å². The zero-order valence-corrected chi connectivity index (χ0v) is 23.3. The summed E-state index contributed by atoms with van der Waals surface area (Å²) >= 11 is 0. The molecule has 1 saturated heterocycles. The first-order chi connectivity index (χ1) is 20.6. The van der Waals surface area contributed by atoms with Crippen LogP contribution in [0, 0.1) is 18.6 Å². The molecule has 2 aromatic carbocycles. The van der Waals surface area contributed by atoms with Gasteiger partial charge in [-0.3, -0.25) is 4.72 Å². The number of nitrogens with zero attached hydrogens (tertiary/aromatic N) is 2. The summed E-state index contributed by atoms with van der Waals surface area (Å²) in [6.45, 7) is -0.0922. The number of aryl methyl sites for hydroxylation is 1. The van der Waals surface area contributed by atoms with Crippen molar-refractivity contribution < 1.29 is 52.0 Å². The predicted molar refractivity (Wildman–Crippen MR) is 140 cm³/mol. The smallest absolute Gasteiger partial charge is 0.282 e. The van der Waals surface area contributed by atoms with Gasteiger partial charge < -0.3 is 9.64 Å². The molecule has 42 heavy (non-hydrogen) atoms. The van der Waals surface area contributed by atoms with Crippen LogP contribution < -0.4 is 9.62 Å². The van der Waals surface area contributed by atoms with Crippen molar-refractivity contribution in [3.63, 3.8) is 0 Å². The molecule has 1 fully saturated rings. The lowest BCUT2D eigenvalue weighted by Gasteiger charge is -2.40. The third-order valence-electron chi connectivity index (χ3n) is 7.35. The Balaban J connectivity index is 1.60. The van der Waals surface area contributed by atoms with Crippen molar-refractivity contribution in [3.8, 4) is 0 Å². The summed E-state index contributed by atoms with van der Waals surface area (Å²) in [5.74, 6) is -5.67. The molecule has 1 aliphatic heterocycles. The van der Waals surface area contributed by atoms with Gasteiger partial charge in [-0.05, 0) is 37.5 Å². The molecule has 0 unspecified atom stereocenters. The van der Waals surface area contributed by atoms with Crippen LogP contribution in [0.5, 0.6) is 0 Å². The first-order valence-electron chi connectivity index (χ1n) is 13.8. The topological polar surface area (TPSA) is 97.7 Å². The molecule has 1 aliphatic carbocycles. The summed E-state index contributed by atoms with van der Waals surface area (Å²) in [4.78, 5) is -0.288. The van der Waals surface area contributed by atoms with E-state index in [9.17, 15) is 43.2 Å². The van der Waals surface area contributed by atoms with Gasteiger partial charge in [-0.1, -0.05) is 17.7 Å². The average molecular weight is 641 g/mol. The first kappa shape index (κ1) is 26.4. The van der Waals surface area contributed by atoms with E-state index in [4.69, 9.17) is 8.85 Å². The molecule has 1 N–H and O–H groups in total. The van der Waals surface area contributed by atoms with Gasteiger partial charge in [-0.2, -0.15) is 0 Å². The van der Waals surface area contributed by atoms with E-state index < -0.39 is 111 Å². The van der Waals surface area contributed by atoms with E-state index in [-0.39, 0.29) is 10.5 Å². The van der Waals surface area contributed by atoms with Crippen LogP contribution in [0.25, 0.3) is 0 Å². The van der Waals surface area contributed by atoms with Crippen LogP contribution in [-0.4, -0.2) is 58.9 Å². The van der Waals surface area contributed by atoms with Crippen LogP contribution in [0.2, 0.25) is 0 Å². The van der Waals surface area contributed by atoms with Gasteiger partial charge in [-0.25, -0.2) is 47.2 Å². The molecule has 5 rings (SSSR count). The second-order valence-corrected chi connectivity index (χ2v) is 13.7. The lowest BCUT2D eigenvalue weighted by molar-refractivity contribution is -0.128. The third-order valence-corrected chi connectivity index (χ3v) is 10.5. The van der Waals surface area contributed by atoms with Gasteiger partial charge in [0.1, 0.15) is 22.1 Å². The third kappa shape index (κ3) is 5.13. The van der Waals surface area contributed by atoms with Crippen molar-refractivity contribution in [1.82, 2.24) is 3.97 Å². The number of rotatable bonds is 8. The van der Waals surface area contributed by atoms with Crippen molar-refractivity contribution >= 4 is 31.4 Å². The van der Waals surface area contributed by atoms with E-state index in [2.05, 4.69) is 0 Å². The van der Waals surface area contributed by atoms with E-state index in [0.717, 1.165) is 4.90 Å². The van der Waals surface area contributed by atoms with Gasteiger partial charge in [0.15, 0.2) is 0 Å². The van der Waals surface area contributed by atoms with Crippen LogP contribution in [0.15, 0.2) is 52.4 Å². The molecule has 8 nitrogen and oxygen atoms in total. The van der Waals surface area contributed by atoms with Crippen molar-refractivity contribution in [2.45, 2.75) is 53.9 Å². The molecular weight excluding hydrogens is 612 g/mol. The number of anilines is 2. The molecule has 1 atom stereocenters. The molecular formula is C26H25F6N3O5S2. The quantitative estimate of drug-likeness (QED) is 0.359. The fourth-order valence-electron chi connectivity index (χ4n) is 5.02. The fraction of sp³-hybridized carbons (Fsp3) is 0.385. The average Bonchev–Trinajstić information content (AvgIpc) is 3.28. The lowest BCUT2D eigenvalue weighted by atomic mass is 9.84. The van der Waals surface area contributed by atoms with Crippen molar-refractivity contribution in [1.29, 1.82) is 0 Å². The maximum absolute atomic E-state index is 15.0. The van der Waals surface area contributed by atoms with E-state index in [1.807, 2.05) is 4.72 Å². The number of alkyl halides is 4. The highest BCUT2D eigenvalue weighted by Gasteiger charge is 2.47. The van der Waals surface area contributed by atoms with Gasteiger partial charge in [0.05, 0.1) is 33.5 Å². The maximum atomic E-state index is 15.0. The Bertz CT molecular complexity index is 1860. The molecule has 3 aromatic rings. The van der Waals surface area contributed by atoms with Gasteiger partial charge in [-0.15, -0.1) is 0 Å². The number of halogens is 6. The van der Waals surface area contributed by atoms with Crippen LogP contribution >= 0.6 is 0 Å². The van der Waals surface area contributed by atoms with E-state index in [1.165, 1.54) is 24.3 Å². The minimum atomic E-state index is -4.97. The highest BCUT2D eigenvalue weighted by molar-refractivity contribution is 7.93. The van der Waals surface area contributed by atoms with Crippen molar-refractivity contribution in [2.24, 2.45) is 0 Å². The lowest BCUT2D eigenvalue weighted by Crippen LogP contribution is -2.56. The molecule has 0 radical (unpaired) electrons. The summed E-state index contributed by atoms with van der Waals surface area (Å²) in [5, 5.41) is 0. The molecule has 1 aromatic heterocycles. The van der Waals surface area contributed by atoms with Crippen LogP contribution in [0.1, 0.15) is 27.4 Å². The summed E-state index contributed by atoms with van der Waals surface area (Å²) < 4.78 is 169. The van der Waals surface area contributed by atoms with Crippen molar-refractivity contribution in [2.75, 3.05) is 29.7 Å². The summed E-state index contributed by atoms with van der Waals surface area (Å²) in [6.07, 6.45) is -5.18. The molecule has 0 saturated carbocycles. The molecule has 0 bridgehead atoms.